The second-order valence-corrected chi connectivity index (χ2v) is 11.0. The third-order valence-corrected chi connectivity index (χ3v) is 7.93. The first-order valence-electron chi connectivity index (χ1n) is 10.7. The zero-order valence-electron chi connectivity index (χ0n) is 19.2. The fraction of sp³-hybridized carbons (Fsp3) is 0.200. The fourth-order valence-electron chi connectivity index (χ4n) is 3.48. The van der Waals surface area contributed by atoms with Gasteiger partial charge in [0.25, 0.3) is 10.0 Å². The maximum atomic E-state index is 13.6. The highest BCUT2D eigenvalue weighted by atomic mass is 79.9. The van der Waals surface area contributed by atoms with Crippen LogP contribution in [0, 0.1) is 0 Å². The molecular weight excluding hydrogens is 554 g/mol. The molecule has 0 radical (unpaired) electrons. The van der Waals surface area contributed by atoms with E-state index < -0.39 is 28.5 Å². The molecule has 1 N–H and O–H groups in total. The first-order chi connectivity index (χ1) is 16.6. The van der Waals surface area contributed by atoms with E-state index >= 15 is 0 Å². The van der Waals surface area contributed by atoms with Crippen molar-refractivity contribution >= 4 is 55.1 Å². The Kier molecular flexibility index (Phi) is 8.93. The summed E-state index contributed by atoms with van der Waals surface area (Å²) in [5.74, 6) is -0.912. The number of hydrogen-bond acceptors (Lipinski definition) is 4. The summed E-state index contributed by atoms with van der Waals surface area (Å²) in [4.78, 5) is 27.5. The van der Waals surface area contributed by atoms with E-state index in [-0.39, 0.29) is 17.3 Å². The van der Waals surface area contributed by atoms with Crippen molar-refractivity contribution in [3.05, 3.63) is 93.9 Å². The summed E-state index contributed by atoms with van der Waals surface area (Å²) in [5.41, 5.74) is 1.03. The number of benzene rings is 3. The highest BCUT2D eigenvalue weighted by Gasteiger charge is 2.32. The van der Waals surface area contributed by atoms with Crippen LogP contribution in [0.15, 0.2) is 88.2 Å². The SMILES string of the molecule is CNC(=O)[C@@H](C)N(Cc1cccc(Cl)c1)C(=O)CN(c1ccc(Br)cc1)S(=O)(=O)c1ccccc1. The summed E-state index contributed by atoms with van der Waals surface area (Å²) < 4.78 is 29.0. The number of hydrogen-bond donors (Lipinski definition) is 1. The Hall–Kier alpha value is -2.88. The fourth-order valence-corrected chi connectivity index (χ4v) is 5.39. The van der Waals surface area contributed by atoms with Crippen LogP contribution < -0.4 is 9.62 Å². The van der Waals surface area contributed by atoms with Crippen molar-refractivity contribution in [2.24, 2.45) is 0 Å². The van der Waals surface area contributed by atoms with Gasteiger partial charge in [-0.25, -0.2) is 8.42 Å². The Morgan fingerprint density at radius 2 is 1.66 bits per heavy atom. The van der Waals surface area contributed by atoms with Crippen LogP contribution in [-0.2, 0) is 26.2 Å². The molecule has 3 aromatic rings. The lowest BCUT2D eigenvalue weighted by Gasteiger charge is -2.31. The Bertz CT molecular complexity index is 1290. The van der Waals surface area contributed by atoms with Gasteiger partial charge in [-0.05, 0) is 61.0 Å². The average Bonchev–Trinajstić information content (AvgIpc) is 2.86. The minimum Gasteiger partial charge on any atom is -0.357 e. The number of carbonyl (C=O) groups is 2. The lowest BCUT2D eigenvalue weighted by Crippen LogP contribution is -2.50. The number of halogens is 2. The molecule has 7 nitrogen and oxygen atoms in total. The zero-order chi connectivity index (χ0) is 25.6. The van der Waals surface area contributed by atoms with Crippen molar-refractivity contribution in [1.29, 1.82) is 0 Å². The molecule has 184 valence electrons. The van der Waals surface area contributed by atoms with Crippen LogP contribution in [0.4, 0.5) is 5.69 Å². The van der Waals surface area contributed by atoms with Crippen LogP contribution in [0.25, 0.3) is 0 Å². The van der Waals surface area contributed by atoms with Gasteiger partial charge in [-0.2, -0.15) is 0 Å². The molecule has 0 aromatic heterocycles. The van der Waals surface area contributed by atoms with Gasteiger partial charge in [0.1, 0.15) is 12.6 Å². The maximum absolute atomic E-state index is 13.6. The largest absolute Gasteiger partial charge is 0.357 e. The molecule has 0 aliphatic heterocycles. The van der Waals surface area contributed by atoms with Gasteiger partial charge in [-0.1, -0.05) is 57.9 Å². The average molecular weight is 579 g/mol. The van der Waals surface area contributed by atoms with Gasteiger partial charge in [0.05, 0.1) is 10.6 Å². The van der Waals surface area contributed by atoms with Crippen molar-refractivity contribution in [1.82, 2.24) is 10.2 Å². The molecule has 3 rings (SSSR count). The monoisotopic (exact) mass is 577 g/mol. The third kappa shape index (κ3) is 6.62. The third-order valence-electron chi connectivity index (χ3n) is 5.38. The van der Waals surface area contributed by atoms with Crippen LogP contribution in [-0.4, -0.2) is 44.8 Å². The number of carbonyl (C=O) groups excluding carboxylic acids is 2. The Morgan fingerprint density at radius 3 is 2.26 bits per heavy atom. The van der Waals surface area contributed by atoms with E-state index in [9.17, 15) is 18.0 Å². The molecule has 0 fully saturated rings. The van der Waals surface area contributed by atoms with Crippen LogP contribution in [0.1, 0.15) is 12.5 Å². The minimum absolute atomic E-state index is 0.0523. The lowest BCUT2D eigenvalue weighted by atomic mass is 10.1. The minimum atomic E-state index is -4.08. The quantitative estimate of drug-likeness (QED) is 0.406. The molecule has 0 heterocycles. The summed E-state index contributed by atoms with van der Waals surface area (Å²) in [7, 11) is -2.60. The van der Waals surface area contributed by atoms with Gasteiger partial charge < -0.3 is 10.2 Å². The highest BCUT2D eigenvalue weighted by molar-refractivity contribution is 9.10. The standard InChI is InChI=1S/C25H25BrClN3O4S/c1-18(25(32)28-2)29(16-19-7-6-8-21(27)15-19)24(31)17-30(22-13-11-20(26)12-14-22)35(33,34)23-9-4-3-5-10-23/h3-15,18H,16-17H2,1-2H3,(H,28,32)/t18-/m1/s1. The molecular formula is C25H25BrClN3O4S. The number of nitrogens with zero attached hydrogens (tertiary/aromatic N) is 2. The van der Waals surface area contributed by atoms with Crippen molar-refractivity contribution in [2.75, 3.05) is 17.9 Å². The van der Waals surface area contributed by atoms with E-state index in [4.69, 9.17) is 11.6 Å². The van der Waals surface area contributed by atoms with E-state index in [0.29, 0.717) is 16.3 Å². The van der Waals surface area contributed by atoms with Gasteiger partial charge in [0, 0.05) is 23.1 Å². The van der Waals surface area contributed by atoms with Crippen LogP contribution in [0.2, 0.25) is 5.02 Å². The Balaban J connectivity index is 2.01. The smallest absolute Gasteiger partial charge is 0.264 e. The zero-order valence-corrected chi connectivity index (χ0v) is 22.3. The van der Waals surface area contributed by atoms with Gasteiger partial charge in [-0.3, -0.25) is 13.9 Å². The number of nitrogens with one attached hydrogen (secondary N) is 1. The molecule has 0 saturated heterocycles. The number of amides is 2. The Morgan fingerprint density at radius 1 is 1.00 bits per heavy atom. The van der Waals surface area contributed by atoms with Crippen LogP contribution in [0.5, 0.6) is 0 Å². The van der Waals surface area contributed by atoms with E-state index in [1.807, 2.05) is 0 Å². The Labute approximate surface area is 218 Å². The van der Waals surface area contributed by atoms with Crippen LogP contribution >= 0.6 is 27.5 Å². The van der Waals surface area contributed by atoms with Crippen molar-refractivity contribution in [3.8, 4) is 0 Å². The summed E-state index contributed by atoms with van der Waals surface area (Å²) in [6, 6.07) is 20.6. The summed E-state index contributed by atoms with van der Waals surface area (Å²) in [6.07, 6.45) is 0. The van der Waals surface area contributed by atoms with E-state index in [0.717, 1.165) is 8.78 Å². The molecule has 1 atom stereocenters. The number of rotatable bonds is 9. The molecule has 2 amide bonds. The predicted octanol–water partition coefficient (Wildman–Crippen LogP) is 4.46. The molecule has 10 heteroatoms. The molecule has 0 spiro atoms. The second kappa shape index (κ2) is 11.7. The molecule has 0 bridgehead atoms. The molecule has 0 aliphatic carbocycles. The van der Waals surface area contributed by atoms with Gasteiger partial charge in [0.15, 0.2) is 0 Å². The molecule has 0 saturated carbocycles. The van der Waals surface area contributed by atoms with Gasteiger partial charge in [0.2, 0.25) is 11.8 Å². The molecule has 0 aliphatic rings. The first kappa shape index (κ1) is 26.7. The van der Waals surface area contributed by atoms with E-state index in [1.54, 1.807) is 73.7 Å². The predicted molar refractivity (Wildman–Crippen MR) is 141 cm³/mol. The van der Waals surface area contributed by atoms with Crippen LogP contribution in [0.3, 0.4) is 0 Å². The molecule has 3 aromatic carbocycles. The van der Waals surface area contributed by atoms with Gasteiger partial charge in [-0.15, -0.1) is 0 Å². The molecule has 35 heavy (non-hydrogen) atoms. The topological polar surface area (TPSA) is 86.8 Å². The molecule has 0 unspecified atom stereocenters. The van der Waals surface area contributed by atoms with E-state index in [2.05, 4.69) is 21.2 Å². The number of anilines is 1. The van der Waals surface area contributed by atoms with Gasteiger partial charge >= 0.3 is 0 Å². The summed E-state index contributed by atoms with van der Waals surface area (Å²) >= 11 is 9.46. The van der Waals surface area contributed by atoms with Crippen molar-refractivity contribution < 1.29 is 18.0 Å². The van der Waals surface area contributed by atoms with E-state index in [1.165, 1.54) is 24.1 Å². The first-order valence-corrected chi connectivity index (χ1v) is 13.3. The lowest BCUT2D eigenvalue weighted by molar-refractivity contribution is -0.139. The maximum Gasteiger partial charge on any atom is 0.264 e. The number of sulfonamides is 1. The summed E-state index contributed by atoms with van der Waals surface area (Å²) in [6.45, 7) is 1.17. The normalized spacial score (nSPS) is 12.0. The highest BCUT2D eigenvalue weighted by Crippen LogP contribution is 2.26. The van der Waals surface area contributed by atoms with Crippen molar-refractivity contribution in [3.63, 3.8) is 0 Å². The van der Waals surface area contributed by atoms with Crippen molar-refractivity contribution in [2.45, 2.75) is 24.4 Å². The summed E-state index contributed by atoms with van der Waals surface area (Å²) in [5, 5.41) is 3.04. The number of likely N-dealkylation sites (N-methyl/N-ethyl adjacent to an activating group) is 1. The second-order valence-electron chi connectivity index (χ2n) is 7.74.